The summed E-state index contributed by atoms with van der Waals surface area (Å²) in [6.45, 7) is 12.7. The standard InChI is InChI=1S/C54H86O24/c1-22-30(58)33(61)35(63)44(71-22)75-40-32(60)26(20-56)73-46(38(40)66)76-41-37(65)42(43(68)69)77-47(39(41)67)74-29-11-12-50(4)27(51(29,5)21-57)10-13-53(7)28(50)9-8-23-24-18-49(2,3)14-16-54(24,17-15-52(23,53)6)48(70)78-45-36(64)34(62)31(59)25(19-55)72-45/h8,22,24-42,44-47,55-67H,9-21H2,1-7H3,(H,68,69)/t22-,24-,25+,26+,27+,28+,29-,30-,31+,32-,33+,34-,35+,36+,37-,38+,39+,40-,41-,42-,44-,45-,46-,47+,50-,51-,52+,53+,54-/m0/s1. The first-order chi connectivity index (χ1) is 36.5. The van der Waals surface area contributed by atoms with Crippen molar-refractivity contribution in [2.24, 2.45) is 50.2 Å². The molecule has 8 fully saturated rings. The molecule has 24 heteroatoms. The van der Waals surface area contributed by atoms with Crippen LogP contribution in [0.4, 0.5) is 0 Å². The van der Waals surface area contributed by atoms with Crippen LogP contribution in [-0.2, 0) is 47.5 Å². The molecular formula is C54H86O24. The van der Waals surface area contributed by atoms with Gasteiger partial charge in [-0.15, -0.1) is 0 Å². The van der Waals surface area contributed by atoms with Crippen molar-refractivity contribution in [2.75, 3.05) is 19.8 Å². The first-order valence-corrected chi connectivity index (χ1v) is 27.8. The number of aliphatic hydroxyl groups excluding tert-OH is 13. The van der Waals surface area contributed by atoms with Gasteiger partial charge >= 0.3 is 11.9 Å². The van der Waals surface area contributed by atoms with Gasteiger partial charge in [-0.2, -0.15) is 0 Å². The SMILES string of the molecule is C[C@@H]1O[C@@H](O[C@H]2[C@@H](O)[C@@H](CO)O[C@@H](O[C@@H]3[C@@H](O)[C@H](O[C@H]4CC[C@@]5(C)[C@@H](CC[C@]6(C)[C@@H]5CC=C5[C@@H]7CC(C)(C)CC[C@]7(C(=O)O[C@@H]7O[C@H](CO)[C@@H](O)[C@H](O)[C@H]7O)CC[C@]56C)[C@]4(C)CO)O[C@H](C(=O)O)[C@H]3O)[C@@H]2O)[C@H](O)[C@H](O)[C@H]1O. The molecule has 4 saturated carbocycles. The zero-order valence-corrected chi connectivity index (χ0v) is 45.5. The molecule has 4 saturated heterocycles. The van der Waals surface area contributed by atoms with Gasteiger partial charge in [0.05, 0.1) is 37.4 Å². The number of hydrogen-bond donors (Lipinski definition) is 14. The number of aliphatic carboxylic acids is 1. The minimum Gasteiger partial charge on any atom is -0.479 e. The lowest BCUT2D eigenvalue weighted by molar-refractivity contribution is -0.382. The van der Waals surface area contributed by atoms with E-state index in [0.717, 1.165) is 12.8 Å². The van der Waals surface area contributed by atoms with Gasteiger partial charge in [0.25, 0.3) is 0 Å². The number of allylic oxidation sites excluding steroid dienone is 2. The van der Waals surface area contributed by atoms with Crippen molar-refractivity contribution < 1.29 is 119 Å². The molecule has 4 aliphatic heterocycles. The molecule has 14 N–H and O–H groups in total. The van der Waals surface area contributed by atoms with Gasteiger partial charge in [-0.1, -0.05) is 53.2 Å². The molecule has 0 unspecified atom stereocenters. The topological polar surface area (TPSA) is 391 Å². The van der Waals surface area contributed by atoms with Crippen LogP contribution in [0.2, 0.25) is 0 Å². The van der Waals surface area contributed by atoms with Gasteiger partial charge < -0.3 is 109 Å². The van der Waals surface area contributed by atoms with Crippen LogP contribution in [0.3, 0.4) is 0 Å². The van der Waals surface area contributed by atoms with Crippen LogP contribution in [0.1, 0.15) is 113 Å². The Morgan fingerprint density at radius 3 is 1.78 bits per heavy atom. The molecule has 5 aliphatic carbocycles. The molecule has 24 nitrogen and oxygen atoms in total. The van der Waals surface area contributed by atoms with Crippen LogP contribution in [0, 0.1) is 50.2 Å². The molecule has 0 aromatic rings. The van der Waals surface area contributed by atoms with Crippen molar-refractivity contribution in [1.82, 2.24) is 0 Å². The van der Waals surface area contributed by atoms with Crippen LogP contribution < -0.4 is 0 Å². The lowest BCUT2D eigenvalue weighted by Crippen LogP contribution is -2.68. The summed E-state index contributed by atoms with van der Waals surface area (Å²) in [5, 5.41) is 151. The van der Waals surface area contributed by atoms with Crippen molar-refractivity contribution in [3.63, 3.8) is 0 Å². The van der Waals surface area contributed by atoms with Crippen molar-refractivity contribution in [2.45, 2.75) is 242 Å². The predicted molar refractivity (Wildman–Crippen MR) is 263 cm³/mol. The molecule has 29 atom stereocenters. The molecule has 0 amide bonds. The number of esters is 1. The lowest BCUT2D eigenvalue weighted by Gasteiger charge is -2.71. The van der Waals surface area contributed by atoms with E-state index in [0.29, 0.717) is 51.4 Å². The molecule has 0 spiro atoms. The fraction of sp³-hybridized carbons (Fsp3) is 0.926. The number of rotatable bonds is 12. The summed E-state index contributed by atoms with van der Waals surface area (Å²) in [6.07, 6.45) is -27.4. The second-order valence-electron chi connectivity index (χ2n) is 26.1. The van der Waals surface area contributed by atoms with Crippen molar-refractivity contribution in [3.8, 4) is 0 Å². The number of carbonyl (C=O) groups is 2. The van der Waals surface area contributed by atoms with E-state index in [1.165, 1.54) is 12.5 Å². The monoisotopic (exact) mass is 1120 g/mol. The maximum Gasteiger partial charge on any atom is 0.335 e. The van der Waals surface area contributed by atoms with Crippen molar-refractivity contribution in [1.29, 1.82) is 0 Å². The Kier molecular flexibility index (Phi) is 16.9. The van der Waals surface area contributed by atoms with Gasteiger partial charge in [-0.3, -0.25) is 4.79 Å². The van der Waals surface area contributed by atoms with Crippen LogP contribution in [0.15, 0.2) is 11.6 Å². The second kappa shape index (κ2) is 21.8. The average molecular weight is 1120 g/mol. The van der Waals surface area contributed by atoms with Gasteiger partial charge in [0.2, 0.25) is 6.29 Å². The van der Waals surface area contributed by atoms with Gasteiger partial charge in [-0.25, -0.2) is 4.79 Å². The minimum atomic E-state index is -2.12. The molecule has 78 heavy (non-hydrogen) atoms. The zero-order chi connectivity index (χ0) is 57.1. The number of hydrogen-bond acceptors (Lipinski definition) is 23. The van der Waals surface area contributed by atoms with E-state index in [1.54, 1.807) is 0 Å². The Labute approximate surface area is 453 Å². The zero-order valence-electron chi connectivity index (χ0n) is 45.5. The van der Waals surface area contributed by atoms with E-state index in [-0.39, 0.29) is 35.2 Å². The highest BCUT2D eigenvalue weighted by molar-refractivity contribution is 5.79. The summed E-state index contributed by atoms with van der Waals surface area (Å²) in [5.74, 6) is -2.56. The van der Waals surface area contributed by atoms with Gasteiger partial charge in [-0.05, 0) is 111 Å². The third kappa shape index (κ3) is 9.63. The highest BCUT2D eigenvalue weighted by Crippen LogP contribution is 2.76. The predicted octanol–water partition coefficient (Wildman–Crippen LogP) is -1.94. The fourth-order valence-electron chi connectivity index (χ4n) is 16.5. The second-order valence-corrected chi connectivity index (χ2v) is 26.1. The number of ether oxygens (including phenoxy) is 8. The molecule has 0 radical (unpaired) electrons. The van der Waals surface area contributed by atoms with E-state index in [1.807, 2.05) is 6.92 Å². The van der Waals surface area contributed by atoms with Gasteiger partial charge in [0.1, 0.15) is 85.5 Å². The number of fused-ring (bicyclic) bond motifs is 7. The Morgan fingerprint density at radius 2 is 1.15 bits per heavy atom. The Hall–Kier alpha value is -2.12. The summed E-state index contributed by atoms with van der Waals surface area (Å²) >= 11 is 0. The molecular weight excluding hydrogens is 1030 g/mol. The Bertz CT molecular complexity index is 2200. The van der Waals surface area contributed by atoms with E-state index in [9.17, 15) is 81.1 Å². The summed E-state index contributed by atoms with van der Waals surface area (Å²) < 4.78 is 46.9. The summed E-state index contributed by atoms with van der Waals surface area (Å²) in [6, 6.07) is 0. The highest BCUT2D eigenvalue weighted by Gasteiger charge is 2.71. The molecule has 0 aromatic carbocycles. The summed E-state index contributed by atoms with van der Waals surface area (Å²) in [4.78, 5) is 27.5. The Morgan fingerprint density at radius 1 is 0.590 bits per heavy atom. The number of aliphatic hydroxyl groups is 13. The maximum atomic E-state index is 14.8. The Balaban J connectivity index is 0.942. The van der Waals surface area contributed by atoms with E-state index >= 15 is 0 Å². The van der Waals surface area contributed by atoms with Gasteiger partial charge in [0.15, 0.2) is 25.0 Å². The van der Waals surface area contributed by atoms with Crippen molar-refractivity contribution in [3.05, 3.63) is 11.6 Å². The molecule has 0 bridgehead atoms. The van der Waals surface area contributed by atoms with E-state index in [2.05, 4.69) is 40.7 Å². The summed E-state index contributed by atoms with van der Waals surface area (Å²) in [7, 11) is 0. The highest BCUT2D eigenvalue weighted by atomic mass is 16.8. The fourth-order valence-corrected chi connectivity index (χ4v) is 16.5. The number of carboxylic acids is 1. The van der Waals surface area contributed by atoms with Crippen LogP contribution in [-0.4, -0.2) is 232 Å². The van der Waals surface area contributed by atoms with Gasteiger partial charge in [0, 0.05) is 5.41 Å². The molecule has 9 aliphatic rings. The first kappa shape index (κ1) is 60.5. The van der Waals surface area contributed by atoms with E-state index in [4.69, 9.17) is 37.9 Å². The van der Waals surface area contributed by atoms with Crippen LogP contribution in [0.5, 0.6) is 0 Å². The molecule has 446 valence electrons. The van der Waals surface area contributed by atoms with Crippen molar-refractivity contribution >= 4 is 11.9 Å². The maximum absolute atomic E-state index is 14.8. The van der Waals surface area contributed by atoms with Crippen LogP contribution in [0.25, 0.3) is 0 Å². The largest absolute Gasteiger partial charge is 0.479 e. The third-order valence-corrected chi connectivity index (χ3v) is 21.5. The van der Waals surface area contributed by atoms with E-state index < -0.39 is 176 Å². The molecule has 9 rings (SSSR count). The average Bonchev–Trinajstić information content (AvgIpc) is 3.56. The third-order valence-electron chi connectivity index (χ3n) is 21.5. The number of carboxylic acid groups (broad SMARTS) is 1. The minimum absolute atomic E-state index is 0.0688. The quantitative estimate of drug-likeness (QED) is 0.0574. The molecule has 0 aromatic heterocycles. The lowest BCUT2D eigenvalue weighted by atomic mass is 9.33. The smallest absolute Gasteiger partial charge is 0.335 e. The first-order valence-electron chi connectivity index (χ1n) is 27.8. The molecule has 4 heterocycles. The normalized spacial score (nSPS) is 54.1. The number of carbonyl (C=O) groups excluding carboxylic acids is 1. The summed E-state index contributed by atoms with van der Waals surface area (Å²) in [5.41, 5.74) is -2.05. The van der Waals surface area contributed by atoms with Crippen LogP contribution >= 0.6 is 0 Å².